The van der Waals surface area contributed by atoms with Crippen LogP contribution in [0.5, 0.6) is 11.5 Å². The van der Waals surface area contributed by atoms with Crippen LogP contribution in [-0.2, 0) is 25.8 Å². The van der Waals surface area contributed by atoms with E-state index in [0.717, 1.165) is 92.0 Å². The van der Waals surface area contributed by atoms with Crippen molar-refractivity contribution in [3.63, 3.8) is 0 Å². The molecule has 5 heteroatoms. The van der Waals surface area contributed by atoms with Gasteiger partial charge in [0.25, 0.3) is 0 Å². The van der Waals surface area contributed by atoms with Crippen LogP contribution in [0.1, 0.15) is 56.5 Å². The maximum atomic E-state index is 13.0. The molecule has 4 aromatic rings. The van der Waals surface area contributed by atoms with Crippen LogP contribution in [0.2, 0.25) is 0 Å². The van der Waals surface area contributed by atoms with Gasteiger partial charge in [0.1, 0.15) is 23.1 Å². The summed E-state index contributed by atoms with van der Waals surface area (Å²) in [5, 5.41) is 0. The van der Waals surface area contributed by atoms with Gasteiger partial charge in [0.05, 0.1) is 24.2 Å². The second kappa shape index (κ2) is 13.1. The van der Waals surface area contributed by atoms with Crippen molar-refractivity contribution < 1.29 is 13.9 Å². The molecule has 0 saturated heterocycles. The van der Waals surface area contributed by atoms with Crippen molar-refractivity contribution in [2.24, 2.45) is 0 Å². The molecule has 1 heterocycles. The van der Waals surface area contributed by atoms with Crippen molar-refractivity contribution in [3.05, 3.63) is 89.5 Å². The molecule has 0 amide bonds. The highest BCUT2D eigenvalue weighted by atomic mass is 19.1. The minimum atomic E-state index is -0.211. The van der Waals surface area contributed by atoms with Crippen molar-refractivity contribution in [2.45, 2.75) is 65.3 Å². The van der Waals surface area contributed by atoms with E-state index >= 15 is 0 Å². The van der Waals surface area contributed by atoms with E-state index < -0.39 is 0 Å². The number of imidazole rings is 1. The molecule has 0 spiro atoms. The van der Waals surface area contributed by atoms with Gasteiger partial charge in [0.2, 0.25) is 0 Å². The quantitative estimate of drug-likeness (QED) is 0.172. The summed E-state index contributed by atoms with van der Waals surface area (Å²) in [6.45, 7) is 6.69. The van der Waals surface area contributed by atoms with Crippen LogP contribution in [0.4, 0.5) is 4.39 Å². The van der Waals surface area contributed by atoms with Crippen molar-refractivity contribution in [1.82, 2.24) is 9.55 Å². The first-order valence-corrected chi connectivity index (χ1v) is 13.2. The van der Waals surface area contributed by atoms with E-state index in [1.807, 2.05) is 18.2 Å². The highest BCUT2D eigenvalue weighted by Crippen LogP contribution is 2.24. The van der Waals surface area contributed by atoms with Crippen molar-refractivity contribution in [1.29, 1.82) is 0 Å². The summed E-state index contributed by atoms with van der Waals surface area (Å²) in [6, 6.07) is 21.2. The number of nitrogens with zero attached hydrogens (tertiary/aromatic N) is 2. The fraction of sp³-hybridized carbons (Fsp3) is 0.387. The predicted octanol–water partition coefficient (Wildman–Crippen LogP) is 7.56. The number of ether oxygens (including phenoxy) is 2. The topological polar surface area (TPSA) is 36.3 Å². The molecule has 0 aliphatic heterocycles. The molecule has 0 radical (unpaired) electrons. The Hall–Kier alpha value is -3.34. The lowest BCUT2D eigenvalue weighted by Crippen LogP contribution is -2.06. The molecular formula is C31H37FN2O2. The number of hydrogen-bond donors (Lipinski definition) is 0. The first-order valence-electron chi connectivity index (χ1n) is 13.2. The normalized spacial score (nSPS) is 11.2. The van der Waals surface area contributed by atoms with E-state index in [2.05, 4.69) is 42.7 Å². The molecule has 1 aromatic heterocycles. The average molecular weight is 489 g/mol. The fourth-order valence-corrected chi connectivity index (χ4v) is 4.28. The smallest absolute Gasteiger partial charge is 0.123 e. The first-order chi connectivity index (χ1) is 17.7. The Morgan fingerprint density at radius 3 is 2.14 bits per heavy atom. The van der Waals surface area contributed by atoms with Gasteiger partial charge < -0.3 is 14.0 Å². The molecule has 0 atom stereocenters. The van der Waals surface area contributed by atoms with Crippen LogP contribution in [0.3, 0.4) is 0 Å². The molecule has 0 bridgehead atoms. The number of rotatable bonds is 14. The molecule has 4 nitrogen and oxygen atoms in total. The lowest BCUT2D eigenvalue weighted by atomic mass is 10.1. The van der Waals surface area contributed by atoms with Crippen LogP contribution < -0.4 is 9.47 Å². The molecule has 190 valence electrons. The Labute approximate surface area is 214 Å². The van der Waals surface area contributed by atoms with Gasteiger partial charge in [0.15, 0.2) is 0 Å². The lowest BCUT2D eigenvalue weighted by Gasteiger charge is -2.10. The van der Waals surface area contributed by atoms with E-state index in [9.17, 15) is 4.39 Å². The largest absolute Gasteiger partial charge is 0.494 e. The van der Waals surface area contributed by atoms with Gasteiger partial charge in [-0.25, -0.2) is 9.37 Å². The zero-order valence-corrected chi connectivity index (χ0v) is 21.5. The average Bonchev–Trinajstić information content (AvgIpc) is 3.25. The van der Waals surface area contributed by atoms with Gasteiger partial charge in [-0.2, -0.15) is 0 Å². The van der Waals surface area contributed by atoms with Crippen LogP contribution in [0, 0.1) is 5.82 Å². The molecular weight excluding hydrogens is 451 g/mol. The van der Waals surface area contributed by atoms with Crippen molar-refractivity contribution in [2.75, 3.05) is 13.2 Å². The molecule has 0 N–H and O–H groups in total. The maximum absolute atomic E-state index is 13.0. The highest BCUT2D eigenvalue weighted by Gasteiger charge is 2.12. The summed E-state index contributed by atoms with van der Waals surface area (Å²) in [4.78, 5) is 4.97. The second-order valence-corrected chi connectivity index (χ2v) is 9.25. The zero-order chi connectivity index (χ0) is 25.2. The van der Waals surface area contributed by atoms with E-state index in [4.69, 9.17) is 14.5 Å². The molecule has 3 aromatic carbocycles. The SMILES string of the molecule is CCCCOc1ccc2nc(CCc3ccc(OCCc4ccc(F)cc4)cc3)n(CCCC)c2c1. The third-order valence-corrected chi connectivity index (χ3v) is 6.43. The van der Waals surface area contributed by atoms with Crippen molar-refractivity contribution >= 4 is 11.0 Å². The van der Waals surface area contributed by atoms with Crippen LogP contribution >= 0.6 is 0 Å². The Morgan fingerprint density at radius 1 is 0.722 bits per heavy atom. The predicted molar refractivity (Wildman–Crippen MR) is 144 cm³/mol. The Morgan fingerprint density at radius 2 is 1.39 bits per heavy atom. The Balaban J connectivity index is 1.36. The minimum absolute atomic E-state index is 0.211. The summed E-state index contributed by atoms with van der Waals surface area (Å²) in [7, 11) is 0. The summed E-state index contributed by atoms with van der Waals surface area (Å²) in [5.41, 5.74) is 4.53. The van der Waals surface area contributed by atoms with Crippen LogP contribution in [0.15, 0.2) is 66.7 Å². The van der Waals surface area contributed by atoms with Crippen molar-refractivity contribution in [3.8, 4) is 11.5 Å². The Bertz CT molecular complexity index is 1220. The molecule has 4 rings (SSSR count). The van der Waals surface area contributed by atoms with Crippen LogP contribution in [0.25, 0.3) is 11.0 Å². The van der Waals surface area contributed by atoms with Gasteiger partial charge in [-0.1, -0.05) is 51.0 Å². The highest BCUT2D eigenvalue weighted by molar-refractivity contribution is 5.78. The second-order valence-electron chi connectivity index (χ2n) is 9.25. The molecule has 0 aliphatic carbocycles. The van der Waals surface area contributed by atoms with E-state index in [0.29, 0.717) is 6.61 Å². The van der Waals surface area contributed by atoms with Gasteiger partial charge in [-0.15, -0.1) is 0 Å². The monoisotopic (exact) mass is 488 g/mol. The third kappa shape index (κ3) is 7.09. The standard InChI is InChI=1S/C31H37FN2O2/c1-3-5-20-34-30-23-28(35-21-6-4-2)16-17-29(30)33-31(34)18-11-24-9-14-27(15-10-24)36-22-19-25-7-12-26(32)13-8-25/h7-10,12-17,23H,3-6,11,18-22H2,1-2H3. The number of fused-ring (bicyclic) bond motifs is 1. The molecule has 0 saturated carbocycles. The summed E-state index contributed by atoms with van der Waals surface area (Å²) in [5.74, 6) is 2.70. The number of aryl methyl sites for hydroxylation is 3. The van der Waals surface area contributed by atoms with Crippen LogP contribution in [-0.4, -0.2) is 22.8 Å². The van der Waals surface area contributed by atoms with Gasteiger partial charge in [-0.05, 0) is 66.8 Å². The van der Waals surface area contributed by atoms with Gasteiger partial charge in [-0.3, -0.25) is 0 Å². The number of benzene rings is 3. The molecule has 0 aliphatic rings. The maximum Gasteiger partial charge on any atom is 0.123 e. The van der Waals surface area contributed by atoms with E-state index in [1.54, 1.807) is 12.1 Å². The molecule has 0 unspecified atom stereocenters. The summed E-state index contributed by atoms with van der Waals surface area (Å²) >= 11 is 0. The van der Waals surface area contributed by atoms with E-state index in [1.165, 1.54) is 17.7 Å². The Kier molecular flexibility index (Phi) is 9.37. The van der Waals surface area contributed by atoms with Gasteiger partial charge in [0, 0.05) is 25.5 Å². The first kappa shape index (κ1) is 25.7. The minimum Gasteiger partial charge on any atom is -0.494 e. The number of unbranched alkanes of at least 4 members (excludes halogenated alkanes) is 2. The molecule has 36 heavy (non-hydrogen) atoms. The van der Waals surface area contributed by atoms with Gasteiger partial charge >= 0.3 is 0 Å². The number of aromatic nitrogens is 2. The summed E-state index contributed by atoms with van der Waals surface area (Å²) < 4.78 is 27.3. The number of hydrogen-bond acceptors (Lipinski definition) is 3. The third-order valence-electron chi connectivity index (χ3n) is 6.43. The summed E-state index contributed by atoms with van der Waals surface area (Å²) in [6.07, 6.45) is 7.03. The number of halogens is 1. The fourth-order valence-electron chi connectivity index (χ4n) is 4.28. The zero-order valence-electron chi connectivity index (χ0n) is 21.5. The van der Waals surface area contributed by atoms with E-state index in [-0.39, 0.29) is 5.82 Å². The lowest BCUT2D eigenvalue weighted by molar-refractivity contribution is 0.309. The molecule has 0 fully saturated rings.